The molecule has 8 saturated heterocycles. The lowest BCUT2D eigenvalue weighted by atomic mass is 9.53. The highest BCUT2D eigenvalue weighted by atomic mass is 32.2. The smallest absolute Gasteiger partial charge is 0.173 e. The molecule has 28 aliphatic rings. The number of ether oxygens (including phenoxy) is 10. The number of thioether (sulfide) groups is 6. The van der Waals surface area contributed by atoms with Crippen LogP contribution in [0.5, 0.6) is 0 Å². The van der Waals surface area contributed by atoms with Gasteiger partial charge in [-0.2, -0.15) is 0 Å². The van der Waals surface area contributed by atoms with Crippen molar-refractivity contribution < 1.29 is 47.4 Å². The van der Waals surface area contributed by atoms with E-state index in [0.717, 1.165) is 193 Å². The summed E-state index contributed by atoms with van der Waals surface area (Å²) in [5, 5.41) is 0. The third-order valence-electron chi connectivity index (χ3n) is 34.2. The van der Waals surface area contributed by atoms with E-state index in [1.165, 1.54) is 279 Å². The van der Waals surface area contributed by atoms with E-state index in [2.05, 4.69) is 70.6 Å². The summed E-state index contributed by atoms with van der Waals surface area (Å²) in [5.41, 5.74) is 1.76. The van der Waals surface area contributed by atoms with E-state index in [4.69, 9.17) is 47.4 Å². The topological polar surface area (TPSA) is 92.3 Å². The second-order valence-corrected chi connectivity index (χ2v) is 51.0. The van der Waals surface area contributed by atoms with Gasteiger partial charge in [-0.25, -0.2) is 0 Å². The molecular weight excluding hydrogens is 1510 g/mol. The highest BCUT2D eigenvalue weighted by Gasteiger charge is 2.62. The van der Waals surface area contributed by atoms with Crippen molar-refractivity contribution in [3.63, 3.8) is 0 Å². The molecule has 8 aliphatic heterocycles. The van der Waals surface area contributed by atoms with Gasteiger partial charge in [0, 0.05) is 73.7 Å². The van der Waals surface area contributed by atoms with E-state index in [-0.39, 0.29) is 28.9 Å². The average Bonchev–Trinajstić information content (AvgIpc) is 1.17. The highest BCUT2D eigenvalue weighted by molar-refractivity contribution is 8.21. The summed E-state index contributed by atoms with van der Waals surface area (Å²) in [5.74, 6) is 19.2. The lowest BCUT2D eigenvalue weighted by Crippen LogP contribution is -2.61. The van der Waals surface area contributed by atoms with Crippen LogP contribution in [0.25, 0.3) is 0 Å². The molecule has 0 aromatic heterocycles. The molecule has 0 aromatic rings. The van der Waals surface area contributed by atoms with Gasteiger partial charge in [0.15, 0.2) is 28.9 Å². The van der Waals surface area contributed by atoms with Crippen molar-refractivity contribution in [3.8, 4) is 0 Å². The Kier molecular flexibility index (Phi) is 30.6. The largest absolute Gasteiger partial charge is 0.350 e. The summed E-state index contributed by atoms with van der Waals surface area (Å²) in [7, 11) is 0. The lowest BCUT2D eigenvalue weighted by Gasteiger charge is -2.61. The summed E-state index contributed by atoms with van der Waals surface area (Å²) >= 11 is 13.7. The minimum absolute atomic E-state index is 0.0943. The zero-order valence-corrected chi connectivity index (χ0v) is 75.7. The first kappa shape index (κ1) is 85.8. The van der Waals surface area contributed by atoms with Crippen LogP contribution in [0.4, 0.5) is 0 Å². The Labute approximate surface area is 708 Å². The number of fused-ring (bicyclic) bond motifs is 6. The van der Waals surface area contributed by atoms with E-state index in [9.17, 15) is 0 Å². The van der Waals surface area contributed by atoms with Crippen LogP contribution in [0, 0.1) is 81.8 Å². The van der Waals surface area contributed by atoms with Gasteiger partial charge in [0.05, 0.1) is 78.3 Å². The van der Waals surface area contributed by atoms with Crippen molar-refractivity contribution in [2.24, 2.45) is 81.8 Å². The van der Waals surface area contributed by atoms with Gasteiger partial charge in [0.25, 0.3) is 0 Å². The number of rotatable bonds is 0. The molecule has 16 heteroatoms. The molecule has 0 N–H and O–H groups in total. The van der Waals surface area contributed by atoms with Gasteiger partial charge in [-0.1, -0.05) is 96.3 Å². The molecule has 0 radical (unpaired) electrons. The Morgan fingerprint density at radius 1 is 0.196 bits per heavy atom. The van der Waals surface area contributed by atoms with Crippen LogP contribution in [0.2, 0.25) is 0 Å². The molecular formula is C96H160O10S6. The van der Waals surface area contributed by atoms with Crippen LogP contribution >= 0.6 is 70.6 Å². The Morgan fingerprint density at radius 3 is 0.866 bits per heavy atom. The second-order valence-electron chi connectivity index (χ2n) is 41.5. The van der Waals surface area contributed by atoms with E-state index >= 15 is 0 Å². The minimum Gasteiger partial charge on any atom is -0.350 e. The molecule has 4 unspecified atom stereocenters. The standard InChI is InChI=1S/C13H20O2.C13H20S2.C10H16O2.C10H18.C9H14O2.C9H16.2C8H14O2.2C8H14S2/c2*1-2-14-13(15-3-1)11-5-9-4-10(7-11)8-12(13)6-9;1-4-11-10(12-5-1)7-8-2-3-9(10)6-8;1-2-6-10(7-3-1)8-4-5-9-10;1-2-8-5-7(1)6-9(8)10-3-4-11-9;1-2-6-9(5-1)7-3-4-8-9;1-2-5-8(4-1)9-6-3-7-10-8;1-2-4-8(5-3-1)9-6-7-10-8;1-2-5-8(4-1)9-6-3-7-10-8;1-2-4-8(5-3-1)9-6-7-10-8/h2*9-12H,1-8H2;8-9H,1-7H2;1-9H2;7-8H,1-6H2;1-8H2;4*1-7H2. The molecule has 28 fully saturated rings. The molecule has 8 heterocycles. The van der Waals surface area contributed by atoms with Crippen molar-refractivity contribution in [3.05, 3.63) is 0 Å². The maximum atomic E-state index is 6.12. The lowest BCUT2D eigenvalue weighted by molar-refractivity contribution is -0.358. The molecule has 20 saturated carbocycles. The Bertz CT molecular complexity index is 2450. The maximum Gasteiger partial charge on any atom is 0.173 e. The monoisotopic (exact) mass is 1670 g/mol. The van der Waals surface area contributed by atoms with Crippen LogP contribution in [0.1, 0.15) is 372 Å². The van der Waals surface area contributed by atoms with Gasteiger partial charge in [0.2, 0.25) is 0 Å². The molecule has 640 valence electrons. The molecule has 10 nitrogen and oxygen atoms in total. The number of hydrogen-bond donors (Lipinski definition) is 0. The summed E-state index contributed by atoms with van der Waals surface area (Å²) in [4.78, 5) is 0. The van der Waals surface area contributed by atoms with Gasteiger partial charge < -0.3 is 47.4 Å². The third kappa shape index (κ3) is 20.6. The van der Waals surface area contributed by atoms with Gasteiger partial charge in [-0.3, -0.25) is 0 Å². The van der Waals surface area contributed by atoms with E-state index in [1.54, 1.807) is 83.5 Å². The fraction of sp³-hybridized carbons (Fsp3) is 1.00. The van der Waals surface area contributed by atoms with Crippen LogP contribution in [0.3, 0.4) is 0 Å². The highest BCUT2D eigenvalue weighted by Crippen LogP contribution is 2.69. The molecule has 28 rings (SSSR count). The van der Waals surface area contributed by atoms with Crippen molar-refractivity contribution in [2.75, 3.05) is 101 Å². The Morgan fingerprint density at radius 2 is 0.482 bits per heavy atom. The van der Waals surface area contributed by atoms with Crippen molar-refractivity contribution in [2.45, 2.75) is 414 Å². The molecule has 0 amide bonds. The zero-order valence-electron chi connectivity index (χ0n) is 70.8. The van der Waals surface area contributed by atoms with E-state index in [1.807, 2.05) is 0 Å². The molecule has 0 aromatic carbocycles. The van der Waals surface area contributed by atoms with Gasteiger partial charge in [0.1, 0.15) is 0 Å². The normalized spacial score (nSPS) is 39.4. The maximum absolute atomic E-state index is 6.12. The average molecular weight is 1670 g/mol. The molecule has 20 aliphatic carbocycles. The summed E-state index contributed by atoms with van der Waals surface area (Å²) < 4.78 is 59.8. The van der Waals surface area contributed by atoms with Crippen LogP contribution in [0.15, 0.2) is 0 Å². The van der Waals surface area contributed by atoms with Crippen LogP contribution in [-0.2, 0) is 47.4 Å². The van der Waals surface area contributed by atoms with E-state index < -0.39 is 0 Å². The zero-order chi connectivity index (χ0) is 75.6. The molecule has 10 spiro atoms. The first-order valence-corrected chi connectivity index (χ1v) is 55.1. The van der Waals surface area contributed by atoms with Crippen molar-refractivity contribution >= 4 is 70.6 Å². The summed E-state index contributed by atoms with van der Waals surface area (Å²) in [6, 6.07) is 0. The predicted molar refractivity (Wildman–Crippen MR) is 471 cm³/mol. The van der Waals surface area contributed by atoms with Gasteiger partial charge in [-0.15, -0.1) is 70.6 Å². The van der Waals surface area contributed by atoms with E-state index in [0.29, 0.717) is 12.2 Å². The summed E-state index contributed by atoms with van der Waals surface area (Å²) in [6.07, 6.45) is 82.3. The first-order valence-electron chi connectivity index (χ1n) is 49.2. The first-order chi connectivity index (χ1) is 55.0. The Hall–Kier alpha value is 1.70. The summed E-state index contributed by atoms with van der Waals surface area (Å²) in [6.45, 7) is 8.77. The van der Waals surface area contributed by atoms with Crippen molar-refractivity contribution in [1.82, 2.24) is 0 Å². The second kappa shape index (κ2) is 39.9. The van der Waals surface area contributed by atoms with Crippen molar-refractivity contribution in [1.29, 1.82) is 0 Å². The molecule has 12 bridgehead atoms. The SMILES string of the molecule is C1CCC2(C1)CCCC2.C1CCC2(CC1)CCCC2.C1CCC2(CC1)OCCO2.C1CCC2(CC1)SCCS2.C1COC2(CC3CCC2C3)O1.C1COC2(CC3CCC2C3)OC1.C1COC2(CCCC2)OC1.C1COC2(OC1)C1CC3CC(C1)CC2C3.C1CSC2(CCCC2)SC1.C1CSC2(SC1)C1CC3CC(C1)CC2C3. The fourth-order valence-electron chi connectivity index (χ4n) is 29.0. The quantitative estimate of drug-likeness (QED) is 0.230. The minimum atomic E-state index is -0.127. The predicted octanol–water partition coefficient (Wildman–Crippen LogP) is 26.3. The van der Waals surface area contributed by atoms with Gasteiger partial charge >= 0.3 is 0 Å². The third-order valence-corrected chi connectivity index (χ3v) is 45.3. The number of hydrogen-bond acceptors (Lipinski definition) is 16. The molecule has 4 atom stereocenters. The fourth-order valence-corrected chi connectivity index (χ4v) is 39.9. The van der Waals surface area contributed by atoms with Crippen LogP contribution in [-0.4, -0.2) is 142 Å². The molecule has 112 heavy (non-hydrogen) atoms. The van der Waals surface area contributed by atoms with Crippen LogP contribution < -0.4 is 0 Å². The van der Waals surface area contributed by atoms with Gasteiger partial charge in [-0.05, 0) is 319 Å². The Balaban J connectivity index is 0.0000000907.